The van der Waals surface area contributed by atoms with Crippen molar-refractivity contribution in [3.8, 4) is 17.6 Å². The number of nitriles is 1. The Bertz CT molecular complexity index is 1660. The minimum atomic E-state index is -1.04. The molecule has 0 spiro atoms. The van der Waals surface area contributed by atoms with E-state index < -0.39 is 29.5 Å². The van der Waals surface area contributed by atoms with Crippen LogP contribution in [0.25, 0.3) is 11.0 Å². The summed E-state index contributed by atoms with van der Waals surface area (Å²) in [7, 11) is 1.48. The van der Waals surface area contributed by atoms with Crippen LogP contribution >= 0.6 is 0 Å². The highest BCUT2D eigenvalue weighted by atomic mass is 16.5. The van der Waals surface area contributed by atoms with Crippen molar-refractivity contribution in [2.75, 3.05) is 12.0 Å². The molecule has 0 radical (unpaired) electrons. The third-order valence-electron chi connectivity index (χ3n) is 6.14. The van der Waals surface area contributed by atoms with Crippen molar-refractivity contribution in [3.05, 3.63) is 101 Å². The molecule has 4 aromatic rings. The normalized spacial score (nSPS) is 15.0. The van der Waals surface area contributed by atoms with E-state index in [0.29, 0.717) is 33.5 Å². The average molecular weight is 508 g/mol. The Morgan fingerprint density at radius 1 is 1.05 bits per heavy atom. The Labute approximate surface area is 216 Å². The number of carbonyl (C=O) groups excluding carboxylic acids is 3. The molecule has 0 saturated carbocycles. The number of nitrogens with zero attached hydrogens (tertiary/aromatic N) is 2. The van der Waals surface area contributed by atoms with Crippen molar-refractivity contribution >= 4 is 34.3 Å². The summed E-state index contributed by atoms with van der Waals surface area (Å²) in [4.78, 5) is 39.8. The summed E-state index contributed by atoms with van der Waals surface area (Å²) < 4.78 is 16.2. The Morgan fingerprint density at radius 2 is 1.76 bits per heavy atom. The minimum Gasteiger partial charge on any atom is -0.503 e. The Balaban J connectivity index is 1.63. The molecule has 1 amide bonds. The molecule has 2 heterocycles. The van der Waals surface area contributed by atoms with Gasteiger partial charge in [0.1, 0.15) is 5.75 Å². The number of carbonyl (C=O) groups is 3. The fourth-order valence-electron chi connectivity index (χ4n) is 4.44. The van der Waals surface area contributed by atoms with Gasteiger partial charge >= 0.3 is 5.97 Å². The number of benzene rings is 3. The molecule has 1 aliphatic rings. The Kier molecular flexibility index (Phi) is 6.15. The van der Waals surface area contributed by atoms with Gasteiger partial charge in [-0.25, -0.2) is 0 Å². The number of ketones is 1. The standard InChI is InChI=1S/C29H20N2O7/c1-16(32)37-21-12-8-18(9-13-21)25-24(26(33)23-14-19-4-3-5-22(36-2)28(19)38-23)27(34)29(35)31(25)20-10-6-17(15-30)7-11-20/h3-14,25,34H,1-2H3. The highest BCUT2D eigenvalue weighted by Gasteiger charge is 2.45. The van der Waals surface area contributed by atoms with E-state index in [1.54, 1.807) is 42.5 Å². The average Bonchev–Trinajstić information content (AvgIpc) is 3.47. The molecule has 0 fully saturated rings. The number of hydrogen-bond donors (Lipinski definition) is 1. The summed E-state index contributed by atoms with van der Waals surface area (Å²) >= 11 is 0. The minimum absolute atomic E-state index is 0.0814. The van der Waals surface area contributed by atoms with E-state index in [1.165, 1.54) is 49.3 Å². The van der Waals surface area contributed by atoms with Crippen molar-refractivity contribution < 1.29 is 33.4 Å². The van der Waals surface area contributed by atoms with Crippen LogP contribution in [0.1, 0.15) is 34.6 Å². The molecular weight excluding hydrogens is 488 g/mol. The molecular formula is C29H20N2O7. The van der Waals surface area contributed by atoms with Crippen LogP contribution in [0.15, 0.2) is 88.5 Å². The van der Waals surface area contributed by atoms with Gasteiger partial charge in [0.15, 0.2) is 22.9 Å². The summed E-state index contributed by atoms with van der Waals surface area (Å²) in [6.45, 7) is 1.27. The van der Waals surface area contributed by atoms with E-state index in [2.05, 4.69) is 0 Å². The van der Waals surface area contributed by atoms with Crippen molar-refractivity contribution in [1.29, 1.82) is 5.26 Å². The van der Waals surface area contributed by atoms with Gasteiger partial charge in [-0.1, -0.05) is 24.3 Å². The lowest BCUT2D eigenvalue weighted by atomic mass is 9.94. The van der Waals surface area contributed by atoms with Crippen molar-refractivity contribution in [2.24, 2.45) is 0 Å². The number of fused-ring (bicyclic) bond motifs is 1. The molecule has 0 saturated heterocycles. The van der Waals surface area contributed by atoms with Crippen molar-refractivity contribution in [1.82, 2.24) is 0 Å². The fourth-order valence-corrected chi connectivity index (χ4v) is 4.44. The van der Waals surface area contributed by atoms with Crippen LogP contribution in [-0.4, -0.2) is 29.9 Å². The van der Waals surface area contributed by atoms with E-state index in [1.807, 2.05) is 6.07 Å². The molecule has 5 rings (SSSR count). The zero-order valence-corrected chi connectivity index (χ0v) is 20.3. The molecule has 0 bridgehead atoms. The highest BCUT2D eigenvalue weighted by molar-refractivity contribution is 6.20. The van der Waals surface area contributed by atoms with Crippen LogP contribution in [0, 0.1) is 11.3 Å². The number of aliphatic hydroxyl groups is 1. The first kappa shape index (κ1) is 24.3. The van der Waals surface area contributed by atoms with Gasteiger partial charge in [0, 0.05) is 18.0 Å². The SMILES string of the molecule is COc1cccc2cc(C(=O)C3=C(O)C(=O)N(c4ccc(C#N)cc4)C3c3ccc(OC(C)=O)cc3)oc12. The first-order valence-corrected chi connectivity index (χ1v) is 11.5. The van der Waals surface area contributed by atoms with Crippen LogP contribution in [0.5, 0.6) is 11.5 Å². The van der Waals surface area contributed by atoms with E-state index in [4.69, 9.17) is 19.2 Å². The molecule has 3 aromatic carbocycles. The van der Waals surface area contributed by atoms with Crippen LogP contribution in [0.4, 0.5) is 5.69 Å². The molecule has 1 N–H and O–H groups in total. The summed E-state index contributed by atoms with van der Waals surface area (Å²) in [5, 5.41) is 20.8. The predicted octanol–water partition coefficient (Wildman–Crippen LogP) is 5.02. The first-order chi connectivity index (χ1) is 18.3. The summed E-state index contributed by atoms with van der Waals surface area (Å²) in [6.07, 6.45) is 0. The van der Waals surface area contributed by atoms with Gasteiger partial charge in [-0.3, -0.25) is 19.3 Å². The van der Waals surface area contributed by atoms with E-state index in [-0.39, 0.29) is 17.1 Å². The van der Waals surface area contributed by atoms with Crippen LogP contribution in [0.2, 0.25) is 0 Å². The number of furan rings is 1. The van der Waals surface area contributed by atoms with E-state index >= 15 is 0 Å². The Morgan fingerprint density at radius 3 is 2.39 bits per heavy atom. The summed E-state index contributed by atoms with van der Waals surface area (Å²) in [5.74, 6) is -2.07. The van der Waals surface area contributed by atoms with E-state index in [0.717, 1.165) is 0 Å². The van der Waals surface area contributed by atoms with Gasteiger partial charge < -0.3 is 19.0 Å². The largest absolute Gasteiger partial charge is 0.503 e. The zero-order chi connectivity index (χ0) is 27.0. The molecule has 1 unspecified atom stereocenters. The van der Waals surface area contributed by atoms with Gasteiger partial charge in [-0.2, -0.15) is 5.26 Å². The van der Waals surface area contributed by atoms with Gasteiger partial charge in [-0.05, 0) is 54.1 Å². The molecule has 0 aliphatic carbocycles. The Hall–Kier alpha value is -5.36. The monoisotopic (exact) mass is 508 g/mol. The molecule has 1 aromatic heterocycles. The molecule has 38 heavy (non-hydrogen) atoms. The number of aliphatic hydroxyl groups excluding tert-OH is 1. The second kappa shape index (κ2) is 9.59. The van der Waals surface area contributed by atoms with Gasteiger partial charge in [0.25, 0.3) is 5.91 Å². The maximum Gasteiger partial charge on any atom is 0.308 e. The molecule has 9 nitrogen and oxygen atoms in total. The lowest BCUT2D eigenvalue weighted by Gasteiger charge is -2.27. The second-order valence-electron chi connectivity index (χ2n) is 8.48. The van der Waals surface area contributed by atoms with Crippen LogP contribution in [-0.2, 0) is 9.59 Å². The lowest BCUT2D eigenvalue weighted by molar-refractivity contribution is -0.131. The molecule has 1 aliphatic heterocycles. The van der Waals surface area contributed by atoms with Crippen LogP contribution < -0.4 is 14.4 Å². The molecule has 1 atom stereocenters. The summed E-state index contributed by atoms with van der Waals surface area (Å²) in [5.41, 5.74) is 1.39. The first-order valence-electron chi connectivity index (χ1n) is 11.5. The lowest BCUT2D eigenvalue weighted by Crippen LogP contribution is -2.31. The maximum absolute atomic E-state index is 13.8. The molecule has 9 heteroatoms. The number of hydrogen-bond acceptors (Lipinski definition) is 8. The van der Waals surface area contributed by atoms with Gasteiger partial charge in [0.2, 0.25) is 5.78 Å². The predicted molar refractivity (Wildman–Crippen MR) is 136 cm³/mol. The number of esters is 1. The van der Waals surface area contributed by atoms with Gasteiger partial charge in [0.05, 0.1) is 30.4 Å². The number of ether oxygens (including phenoxy) is 2. The molecule has 188 valence electrons. The quantitative estimate of drug-likeness (QED) is 0.218. The number of rotatable bonds is 6. The maximum atomic E-state index is 13.8. The van der Waals surface area contributed by atoms with E-state index in [9.17, 15) is 19.5 Å². The smallest absolute Gasteiger partial charge is 0.308 e. The third kappa shape index (κ3) is 4.14. The number of amides is 1. The van der Waals surface area contributed by atoms with Crippen molar-refractivity contribution in [3.63, 3.8) is 0 Å². The fraction of sp³-hybridized carbons (Fsp3) is 0.103. The third-order valence-corrected chi connectivity index (χ3v) is 6.14. The second-order valence-corrected chi connectivity index (χ2v) is 8.48. The number of para-hydroxylation sites is 1. The zero-order valence-electron chi connectivity index (χ0n) is 20.3. The number of methoxy groups -OCH3 is 1. The topological polar surface area (TPSA) is 130 Å². The number of anilines is 1. The number of Topliss-reactive ketones (excluding diaryl/α,β-unsaturated/α-hetero) is 1. The van der Waals surface area contributed by atoms with Crippen molar-refractivity contribution in [2.45, 2.75) is 13.0 Å². The van der Waals surface area contributed by atoms with Crippen LogP contribution in [0.3, 0.4) is 0 Å². The highest BCUT2D eigenvalue weighted by Crippen LogP contribution is 2.43. The summed E-state index contributed by atoms with van der Waals surface area (Å²) in [6, 6.07) is 20.1. The van der Waals surface area contributed by atoms with Gasteiger partial charge in [-0.15, -0.1) is 0 Å².